The van der Waals surface area contributed by atoms with Crippen molar-refractivity contribution in [2.24, 2.45) is 0 Å². The van der Waals surface area contributed by atoms with Crippen molar-refractivity contribution in [1.82, 2.24) is 9.29 Å². The van der Waals surface area contributed by atoms with E-state index in [1.807, 2.05) is 18.2 Å². The minimum atomic E-state index is -3.48. The van der Waals surface area contributed by atoms with E-state index in [1.165, 1.54) is 30.2 Å². The van der Waals surface area contributed by atoms with E-state index < -0.39 is 10.0 Å². The number of hydrogen-bond donors (Lipinski definition) is 0. The molecule has 0 spiro atoms. The summed E-state index contributed by atoms with van der Waals surface area (Å²) in [6.07, 6.45) is 3.29. The van der Waals surface area contributed by atoms with Gasteiger partial charge in [0.05, 0.1) is 15.7 Å². The van der Waals surface area contributed by atoms with Gasteiger partial charge < -0.3 is 4.90 Å². The Bertz CT molecular complexity index is 899. The highest BCUT2D eigenvalue weighted by molar-refractivity contribution is 7.99. The van der Waals surface area contributed by atoms with E-state index in [0.717, 1.165) is 29.1 Å². The Morgan fingerprint density at radius 2 is 2.08 bits per heavy atom. The van der Waals surface area contributed by atoms with Gasteiger partial charge in [0.2, 0.25) is 15.9 Å². The van der Waals surface area contributed by atoms with Crippen LogP contribution < -0.4 is 4.90 Å². The number of amides is 1. The molecule has 0 N–H and O–H groups in total. The second-order valence-corrected chi connectivity index (χ2v) is 9.33. The maximum absolute atomic E-state index is 12.7. The van der Waals surface area contributed by atoms with E-state index in [4.69, 9.17) is 0 Å². The lowest BCUT2D eigenvalue weighted by Gasteiger charge is -2.30. The van der Waals surface area contributed by atoms with Gasteiger partial charge in [0, 0.05) is 32.5 Å². The quantitative estimate of drug-likeness (QED) is 0.732. The predicted molar refractivity (Wildman–Crippen MR) is 103 cm³/mol. The summed E-state index contributed by atoms with van der Waals surface area (Å²) in [5.41, 5.74) is 1.70. The maximum atomic E-state index is 12.7. The molecule has 0 fully saturated rings. The van der Waals surface area contributed by atoms with Crippen LogP contribution in [0.4, 0.5) is 5.69 Å². The average Bonchev–Trinajstić information content (AvgIpc) is 2.65. The van der Waals surface area contributed by atoms with Crippen molar-refractivity contribution in [3.8, 4) is 0 Å². The van der Waals surface area contributed by atoms with E-state index in [-0.39, 0.29) is 10.8 Å². The van der Waals surface area contributed by atoms with Gasteiger partial charge in [0.15, 0.2) is 0 Å². The zero-order valence-electron chi connectivity index (χ0n) is 14.8. The Morgan fingerprint density at radius 1 is 1.27 bits per heavy atom. The maximum Gasteiger partial charge on any atom is 0.242 e. The van der Waals surface area contributed by atoms with Crippen molar-refractivity contribution in [2.75, 3.05) is 31.3 Å². The zero-order valence-corrected chi connectivity index (χ0v) is 16.4. The first-order chi connectivity index (χ1) is 12.4. The number of pyridine rings is 1. The number of rotatable bonds is 5. The number of hydrogen-bond acceptors (Lipinski definition) is 5. The van der Waals surface area contributed by atoms with E-state index in [1.54, 1.807) is 29.3 Å². The minimum Gasteiger partial charge on any atom is -0.311 e. The number of carbonyl (C=O) groups is 1. The third-order valence-electron chi connectivity index (χ3n) is 4.23. The number of nitrogens with zero attached hydrogens (tertiary/aromatic N) is 3. The molecule has 1 aromatic carbocycles. The molecule has 1 aliphatic rings. The van der Waals surface area contributed by atoms with Crippen molar-refractivity contribution in [3.63, 3.8) is 0 Å². The molecule has 0 radical (unpaired) electrons. The molecule has 26 heavy (non-hydrogen) atoms. The summed E-state index contributed by atoms with van der Waals surface area (Å²) in [6.45, 7) is 0.647. The Balaban J connectivity index is 1.79. The fraction of sp³-hybridized carbons (Fsp3) is 0.333. The number of anilines is 1. The van der Waals surface area contributed by atoms with E-state index in [0.29, 0.717) is 12.3 Å². The van der Waals surface area contributed by atoms with Gasteiger partial charge in [-0.25, -0.2) is 17.7 Å². The van der Waals surface area contributed by atoms with Crippen molar-refractivity contribution in [1.29, 1.82) is 0 Å². The normalized spacial score (nSPS) is 14.3. The Morgan fingerprint density at radius 3 is 2.77 bits per heavy atom. The second kappa shape index (κ2) is 7.77. The van der Waals surface area contributed by atoms with Crippen LogP contribution in [0.1, 0.15) is 12.0 Å². The number of aryl methyl sites for hydroxylation is 1. The molecule has 0 aliphatic carbocycles. The lowest BCUT2D eigenvalue weighted by molar-refractivity contribution is -0.116. The first kappa shape index (κ1) is 18.9. The van der Waals surface area contributed by atoms with Crippen LogP contribution in [0.2, 0.25) is 0 Å². The number of benzene rings is 1. The van der Waals surface area contributed by atoms with Crippen molar-refractivity contribution < 1.29 is 13.2 Å². The highest BCUT2D eigenvalue weighted by Gasteiger charge is 2.25. The number of carbonyl (C=O) groups excluding carboxylic acids is 1. The summed E-state index contributed by atoms with van der Waals surface area (Å²) in [4.78, 5) is 18.9. The molecule has 138 valence electrons. The molecule has 2 heterocycles. The molecule has 1 aromatic heterocycles. The van der Waals surface area contributed by atoms with E-state index in [9.17, 15) is 13.2 Å². The largest absolute Gasteiger partial charge is 0.311 e. The van der Waals surface area contributed by atoms with Crippen LogP contribution >= 0.6 is 11.8 Å². The van der Waals surface area contributed by atoms with Gasteiger partial charge >= 0.3 is 0 Å². The van der Waals surface area contributed by atoms with Gasteiger partial charge in [0.25, 0.3) is 0 Å². The average molecular weight is 392 g/mol. The SMILES string of the molecule is CN(C)S(=O)(=O)c1ccc2c(c1)CCCN2C(=O)CSc1ccccn1. The molecule has 0 atom stereocenters. The second-order valence-electron chi connectivity index (χ2n) is 6.18. The fourth-order valence-electron chi connectivity index (χ4n) is 2.85. The van der Waals surface area contributed by atoms with Crippen LogP contribution in [0.25, 0.3) is 0 Å². The Kier molecular flexibility index (Phi) is 5.64. The molecule has 8 heteroatoms. The summed E-state index contributed by atoms with van der Waals surface area (Å²) in [6, 6.07) is 10.6. The molecule has 0 bridgehead atoms. The molecular formula is C18H21N3O3S2. The monoisotopic (exact) mass is 391 g/mol. The molecule has 3 rings (SSSR count). The summed E-state index contributed by atoms with van der Waals surface area (Å²) < 4.78 is 25.9. The van der Waals surface area contributed by atoms with Gasteiger partial charge in [-0.1, -0.05) is 17.8 Å². The molecule has 1 amide bonds. The number of sulfonamides is 1. The van der Waals surface area contributed by atoms with E-state index >= 15 is 0 Å². The lowest BCUT2D eigenvalue weighted by Crippen LogP contribution is -2.36. The van der Waals surface area contributed by atoms with Crippen LogP contribution in [0.15, 0.2) is 52.5 Å². The van der Waals surface area contributed by atoms with Crippen molar-refractivity contribution in [3.05, 3.63) is 48.2 Å². The first-order valence-corrected chi connectivity index (χ1v) is 10.7. The minimum absolute atomic E-state index is 0.00446. The van der Waals surface area contributed by atoms with Crippen LogP contribution in [0.3, 0.4) is 0 Å². The smallest absolute Gasteiger partial charge is 0.242 e. The van der Waals surface area contributed by atoms with Gasteiger partial charge in [-0.2, -0.15) is 0 Å². The molecular weight excluding hydrogens is 370 g/mol. The Hall–Kier alpha value is -1.90. The molecule has 2 aromatic rings. The number of thioether (sulfide) groups is 1. The molecule has 0 saturated carbocycles. The zero-order chi connectivity index (χ0) is 18.7. The molecule has 0 unspecified atom stereocenters. The molecule has 0 saturated heterocycles. The molecule has 6 nitrogen and oxygen atoms in total. The standard InChI is InChI=1S/C18H21N3O3S2/c1-20(2)26(23,24)15-8-9-16-14(12-15)6-5-11-21(16)18(22)13-25-17-7-3-4-10-19-17/h3-4,7-10,12H,5-6,11,13H2,1-2H3. The summed E-state index contributed by atoms with van der Waals surface area (Å²) >= 11 is 1.40. The van der Waals surface area contributed by atoms with Crippen LogP contribution in [0, 0.1) is 0 Å². The number of aromatic nitrogens is 1. The first-order valence-electron chi connectivity index (χ1n) is 8.29. The topological polar surface area (TPSA) is 70.6 Å². The fourth-order valence-corrected chi connectivity index (χ4v) is 4.54. The van der Waals surface area contributed by atoms with E-state index in [2.05, 4.69) is 4.98 Å². The van der Waals surface area contributed by atoms with Crippen LogP contribution in [0.5, 0.6) is 0 Å². The summed E-state index contributed by atoms with van der Waals surface area (Å²) in [5.74, 6) is 0.304. The van der Waals surface area contributed by atoms with Crippen LogP contribution in [-0.4, -0.2) is 50.0 Å². The van der Waals surface area contributed by atoms with Gasteiger partial charge in [-0.15, -0.1) is 0 Å². The van der Waals surface area contributed by atoms with Gasteiger partial charge in [-0.05, 0) is 48.7 Å². The van der Waals surface area contributed by atoms with Crippen LogP contribution in [-0.2, 0) is 21.2 Å². The van der Waals surface area contributed by atoms with Crippen molar-refractivity contribution in [2.45, 2.75) is 22.8 Å². The van der Waals surface area contributed by atoms with Gasteiger partial charge in [0.1, 0.15) is 0 Å². The summed E-state index contributed by atoms with van der Waals surface area (Å²) in [7, 11) is -0.450. The highest BCUT2D eigenvalue weighted by atomic mass is 32.2. The predicted octanol–water partition coefficient (Wildman–Crippen LogP) is 2.40. The third-order valence-corrected chi connectivity index (χ3v) is 6.97. The highest BCUT2D eigenvalue weighted by Crippen LogP contribution is 2.31. The van der Waals surface area contributed by atoms with Gasteiger partial charge in [-0.3, -0.25) is 4.79 Å². The lowest BCUT2D eigenvalue weighted by atomic mass is 10.0. The molecule has 1 aliphatic heterocycles. The number of fused-ring (bicyclic) bond motifs is 1. The van der Waals surface area contributed by atoms with Crippen molar-refractivity contribution >= 4 is 33.4 Å². The third kappa shape index (κ3) is 3.92. The summed E-state index contributed by atoms with van der Waals surface area (Å²) in [5, 5.41) is 0.811. The Labute approximate surface area is 158 Å².